The maximum atomic E-state index is 8.32. The van der Waals surface area contributed by atoms with Crippen LogP contribution >= 0.6 is 0 Å². The number of benzene rings is 1. The van der Waals surface area contributed by atoms with E-state index in [2.05, 4.69) is 6.58 Å². The van der Waals surface area contributed by atoms with Crippen LogP contribution < -0.4 is 4.74 Å². The van der Waals surface area contributed by atoms with Crippen molar-refractivity contribution in [3.05, 3.63) is 42.7 Å². The lowest BCUT2D eigenvalue weighted by molar-refractivity contribution is 0.420. The molecule has 2 nitrogen and oxygen atoms in total. The number of nitriles is 1. The Kier molecular flexibility index (Phi) is 2.92. The number of nitrogens with zero attached hydrogens (tertiary/aromatic N) is 1. The molecule has 0 aliphatic rings. The van der Waals surface area contributed by atoms with Crippen molar-refractivity contribution in [1.82, 2.24) is 0 Å². The lowest BCUT2D eigenvalue weighted by atomic mass is 10.3. The lowest BCUT2D eigenvalue weighted by Gasteiger charge is -2.03. The Morgan fingerprint density at radius 1 is 1.42 bits per heavy atom. The van der Waals surface area contributed by atoms with E-state index in [1.807, 2.05) is 36.4 Å². The molecule has 0 amide bonds. The molecule has 60 valence electrons. The highest BCUT2D eigenvalue weighted by Gasteiger charge is 1.94. The summed E-state index contributed by atoms with van der Waals surface area (Å²) in [4.78, 5) is 0. The van der Waals surface area contributed by atoms with Gasteiger partial charge in [-0.2, -0.15) is 5.26 Å². The summed E-state index contributed by atoms with van der Waals surface area (Å²) >= 11 is 0. The van der Waals surface area contributed by atoms with Gasteiger partial charge in [-0.1, -0.05) is 24.8 Å². The van der Waals surface area contributed by atoms with E-state index in [4.69, 9.17) is 10.00 Å². The summed E-state index contributed by atoms with van der Waals surface area (Å²) in [5.41, 5.74) is 0. The Morgan fingerprint density at radius 3 is 2.67 bits per heavy atom. The maximum absolute atomic E-state index is 8.32. The molecule has 0 radical (unpaired) electrons. The third-order valence-corrected chi connectivity index (χ3v) is 1.28. The summed E-state index contributed by atoms with van der Waals surface area (Å²) in [6.07, 6.45) is 0.231. The molecular weight excluding hydrogens is 150 g/mol. The van der Waals surface area contributed by atoms with Crippen molar-refractivity contribution in [3.63, 3.8) is 0 Å². The monoisotopic (exact) mass is 159 g/mol. The maximum Gasteiger partial charge on any atom is 0.126 e. The predicted molar refractivity (Wildman–Crippen MR) is 46.4 cm³/mol. The fraction of sp³-hybridized carbons (Fsp3) is 0.100. The molecule has 0 bridgehead atoms. The van der Waals surface area contributed by atoms with Crippen LogP contribution in [0.5, 0.6) is 5.75 Å². The summed E-state index contributed by atoms with van der Waals surface area (Å²) in [6.45, 7) is 3.59. The summed E-state index contributed by atoms with van der Waals surface area (Å²) in [5.74, 6) is 1.20. The van der Waals surface area contributed by atoms with E-state index in [1.165, 1.54) is 0 Å². The van der Waals surface area contributed by atoms with Crippen LogP contribution in [0.4, 0.5) is 0 Å². The van der Waals surface area contributed by atoms with Gasteiger partial charge < -0.3 is 4.74 Å². The van der Waals surface area contributed by atoms with Crippen LogP contribution in [0.25, 0.3) is 0 Å². The van der Waals surface area contributed by atoms with Gasteiger partial charge in [-0.25, -0.2) is 0 Å². The van der Waals surface area contributed by atoms with Gasteiger partial charge in [0, 0.05) is 0 Å². The van der Waals surface area contributed by atoms with E-state index in [-0.39, 0.29) is 6.42 Å². The van der Waals surface area contributed by atoms with Crippen LogP contribution in [0.2, 0.25) is 0 Å². The van der Waals surface area contributed by atoms with Crippen LogP contribution in [0.15, 0.2) is 42.7 Å². The zero-order valence-corrected chi connectivity index (χ0v) is 6.66. The molecule has 0 N–H and O–H groups in total. The fourth-order valence-electron chi connectivity index (χ4n) is 0.779. The Balaban J connectivity index is 2.54. The Hall–Kier alpha value is -1.75. The highest BCUT2D eigenvalue weighted by Crippen LogP contribution is 2.12. The average molecular weight is 159 g/mol. The molecule has 0 saturated carbocycles. The highest BCUT2D eigenvalue weighted by molar-refractivity contribution is 5.23. The Bertz CT molecular complexity index is 297. The second-order valence-electron chi connectivity index (χ2n) is 2.29. The molecule has 0 saturated heterocycles. The first-order chi connectivity index (χ1) is 5.83. The molecule has 1 aromatic carbocycles. The molecule has 1 rings (SSSR count). The zero-order chi connectivity index (χ0) is 8.81. The van der Waals surface area contributed by atoms with Gasteiger partial charge in [0.2, 0.25) is 0 Å². The number of hydrogen-bond acceptors (Lipinski definition) is 2. The van der Waals surface area contributed by atoms with Crippen molar-refractivity contribution in [2.45, 2.75) is 6.42 Å². The first kappa shape index (κ1) is 8.35. The van der Waals surface area contributed by atoms with Crippen LogP contribution in [-0.2, 0) is 0 Å². The van der Waals surface area contributed by atoms with Crippen LogP contribution in [-0.4, -0.2) is 0 Å². The quantitative estimate of drug-likeness (QED) is 0.635. The summed E-state index contributed by atoms with van der Waals surface area (Å²) in [6, 6.07) is 11.2. The van der Waals surface area contributed by atoms with Gasteiger partial charge in [-0.15, -0.1) is 0 Å². The number of para-hydroxylation sites is 1. The van der Waals surface area contributed by atoms with E-state index in [9.17, 15) is 0 Å². The highest BCUT2D eigenvalue weighted by atomic mass is 16.5. The van der Waals surface area contributed by atoms with Crippen molar-refractivity contribution >= 4 is 0 Å². The van der Waals surface area contributed by atoms with E-state index >= 15 is 0 Å². The third kappa shape index (κ3) is 2.47. The van der Waals surface area contributed by atoms with Crippen molar-refractivity contribution in [2.75, 3.05) is 0 Å². The molecule has 0 aliphatic carbocycles. The van der Waals surface area contributed by atoms with E-state index in [0.29, 0.717) is 5.76 Å². The Morgan fingerprint density at radius 2 is 2.08 bits per heavy atom. The van der Waals surface area contributed by atoms with E-state index in [0.717, 1.165) is 5.75 Å². The molecule has 1 aromatic rings. The molecule has 0 heterocycles. The van der Waals surface area contributed by atoms with Crippen LogP contribution in [0, 0.1) is 11.3 Å². The fourth-order valence-corrected chi connectivity index (χ4v) is 0.779. The molecule has 12 heavy (non-hydrogen) atoms. The summed E-state index contributed by atoms with van der Waals surface area (Å²) < 4.78 is 5.24. The van der Waals surface area contributed by atoms with Gasteiger partial charge >= 0.3 is 0 Å². The number of hydrogen-bond donors (Lipinski definition) is 0. The molecule has 0 fully saturated rings. The third-order valence-electron chi connectivity index (χ3n) is 1.28. The minimum Gasteiger partial charge on any atom is -0.461 e. The van der Waals surface area contributed by atoms with Gasteiger partial charge in [-0.05, 0) is 12.1 Å². The van der Waals surface area contributed by atoms with Crippen molar-refractivity contribution in [1.29, 1.82) is 5.26 Å². The molecule has 0 aliphatic heterocycles. The predicted octanol–water partition coefficient (Wildman–Crippen LogP) is 2.49. The second-order valence-corrected chi connectivity index (χ2v) is 2.29. The Labute approximate surface area is 71.7 Å². The minimum atomic E-state index is 0.231. The molecule has 0 unspecified atom stereocenters. The van der Waals surface area contributed by atoms with Gasteiger partial charge in [-0.3, -0.25) is 0 Å². The second kappa shape index (κ2) is 4.20. The largest absolute Gasteiger partial charge is 0.461 e. The zero-order valence-electron chi connectivity index (χ0n) is 6.66. The minimum absolute atomic E-state index is 0.231. The lowest BCUT2D eigenvalue weighted by Crippen LogP contribution is -1.91. The number of rotatable bonds is 3. The van der Waals surface area contributed by atoms with Gasteiger partial charge in [0.15, 0.2) is 0 Å². The molecule has 0 atom stereocenters. The van der Waals surface area contributed by atoms with Crippen LogP contribution in [0.3, 0.4) is 0 Å². The van der Waals surface area contributed by atoms with Gasteiger partial charge in [0.25, 0.3) is 0 Å². The van der Waals surface area contributed by atoms with Crippen molar-refractivity contribution in [3.8, 4) is 11.8 Å². The van der Waals surface area contributed by atoms with Crippen molar-refractivity contribution in [2.24, 2.45) is 0 Å². The number of ether oxygens (including phenoxy) is 1. The van der Waals surface area contributed by atoms with Crippen molar-refractivity contribution < 1.29 is 4.74 Å². The molecule has 0 spiro atoms. The first-order valence-electron chi connectivity index (χ1n) is 3.60. The van der Waals surface area contributed by atoms with Crippen LogP contribution in [0.1, 0.15) is 6.42 Å². The SMILES string of the molecule is C=C(CC#N)Oc1ccccc1. The topological polar surface area (TPSA) is 33.0 Å². The van der Waals surface area contributed by atoms with E-state index in [1.54, 1.807) is 0 Å². The van der Waals surface area contributed by atoms with Gasteiger partial charge in [0.1, 0.15) is 11.5 Å². The molecule has 2 heteroatoms. The van der Waals surface area contributed by atoms with Gasteiger partial charge in [0.05, 0.1) is 12.5 Å². The molecular formula is C10H9NO. The molecule has 0 aromatic heterocycles. The first-order valence-corrected chi connectivity index (χ1v) is 3.60. The summed E-state index contributed by atoms with van der Waals surface area (Å²) in [5, 5.41) is 8.32. The standard InChI is InChI=1S/C10H9NO/c1-9(7-8-11)12-10-5-3-2-4-6-10/h2-6H,1,7H2. The smallest absolute Gasteiger partial charge is 0.126 e. The normalized spacial score (nSPS) is 8.58. The number of allylic oxidation sites excluding steroid dienone is 1. The van der Waals surface area contributed by atoms with E-state index < -0.39 is 0 Å². The summed E-state index contributed by atoms with van der Waals surface area (Å²) in [7, 11) is 0. The average Bonchev–Trinajstić information content (AvgIpc) is 2.06.